The number of carbonyl (C=O) groups excluding carboxylic acids is 1. The molecule has 6 heteroatoms. The minimum Gasteiger partial charge on any atom is -0.358 e. The molecule has 2 heterocycles. The molecule has 0 aliphatic carbocycles. The number of nitrogens with zero attached hydrogens (tertiary/aromatic N) is 4. The second kappa shape index (κ2) is 9.22. The molecule has 2 aromatic rings. The van der Waals surface area contributed by atoms with Crippen LogP contribution in [0.1, 0.15) is 11.1 Å². The van der Waals surface area contributed by atoms with Crippen LogP contribution in [0.15, 0.2) is 54.2 Å². The van der Waals surface area contributed by atoms with Crippen molar-refractivity contribution in [2.24, 2.45) is 0 Å². The summed E-state index contributed by atoms with van der Waals surface area (Å²) in [5, 5.41) is 3.51. The third kappa shape index (κ3) is 4.66. The third-order valence-corrected chi connectivity index (χ3v) is 5.96. The second-order valence-electron chi connectivity index (χ2n) is 8.93. The first-order valence-corrected chi connectivity index (χ1v) is 10.9. The van der Waals surface area contributed by atoms with Gasteiger partial charge in [0.25, 0.3) is 5.91 Å². The Bertz CT molecular complexity index is 942. The second-order valence-corrected chi connectivity index (χ2v) is 8.93. The van der Waals surface area contributed by atoms with E-state index in [9.17, 15) is 4.79 Å². The van der Waals surface area contributed by atoms with E-state index in [4.69, 9.17) is 0 Å². The van der Waals surface area contributed by atoms with E-state index in [0.29, 0.717) is 6.67 Å². The summed E-state index contributed by atoms with van der Waals surface area (Å²) >= 11 is 0. The predicted molar refractivity (Wildman–Crippen MR) is 128 cm³/mol. The Hall–Kier alpha value is -2.67. The maximum Gasteiger partial charge on any atom is 0.261 e. The molecule has 0 atom stereocenters. The molecule has 0 radical (unpaired) electrons. The molecule has 164 valence electrons. The fourth-order valence-electron chi connectivity index (χ4n) is 4.19. The summed E-state index contributed by atoms with van der Waals surface area (Å²) in [4.78, 5) is 22.4. The van der Waals surface area contributed by atoms with Gasteiger partial charge in [-0.3, -0.25) is 14.6 Å². The number of fused-ring (bicyclic) bond motifs is 2. The van der Waals surface area contributed by atoms with Crippen LogP contribution < -0.4 is 10.2 Å². The van der Waals surface area contributed by atoms with E-state index in [1.54, 1.807) is 0 Å². The van der Waals surface area contributed by atoms with Gasteiger partial charge in [0.2, 0.25) is 0 Å². The Morgan fingerprint density at radius 2 is 1.52 bits per heavy atom. The zero-order valence-electron chi connectivity index (χ0n) is 19.1. The summed E-state index contributed by atoms with van der Waals surface area (Å²) in [5.41, 5.74) is 6.20. The number of amides is 1. The molecular formula is C25H33N5O. The number of carbonyl (C=O) groups is 1. The number of rotatable bonds is 8. The SMILES string of the molecule is CN(C)CCN(CCN(C)C)CN1C(=O)/C(=C2/Cc3ccccc3N2)c2ccccc21. The molecule has 0 saturated heterocycles. The number of anilines is 2. The highest BCUT2D eigenvalue weighted by Gasteiger charge is 2.36. The summed E-state index contributed by atoms with van der Waals surface area (Å²) in [6, 6.07) is 16.5. The highest BCUT2D eigenvalue weighted by atomic mass is 16.2. The third-order valence-electron chi connectivity index (χ3n) is 5.96. The maximum atomic E-state index is 13.7. The van der Waals surface area contributed by atoms with Crippen molar-refractivity contribution in [3.8, 4) is 0 Å². The molecule has 0 bridgehead atoms. The Labute approximate surface area is 185 Å². The molecule has 0 saturated carbocycles. The van der Waals surface area contributed by atoms with Gasteiger partial charge in [-0.2, -0.15) is 0 Å². The van der Waals surface area contributed by atoms with E-state index in [1.165, 1.54) is 5.56 Å². The van der Waals surface area contributed by atoms with Crippen LogP contribution >= 0.6 is 0 Å². The van der Waals surface area contributed by atoms with Crippen molar-refractivity contribution >= 4 is 22.9 Å². The first-order chi connectivity index (χ1) is 14.9. The predicted octanol–water partition coefficient (Wildman–Crippen LogP) is 2.80. The van der Waals surface area contributed by atoms with Gasteiger partial charge >= 0.3 is 0 Å². The van der Waals surface area contributed by atoms with Crippen molar-refractivity contribution < 1.29 is 4.79 Å². The molecule has 1 amide bonds. The summed E-state index contributed by atoms with van der Waals surface area (Å²) in [5.74, 6) is 0.0937. The van der Waals surface area contributed by atoms with Crippen molar-refractivity contribution in [3.63, 3.8) is 0 Å². The summed E-state index contributed by atoms with van der Waals surface area (Å²) in [6.07, 6.45) is 0.768. The van der Waals surface area contributed by atoms with Gasteiger partial charge in [-0.15, -0.1) is 0 Å². The van der Waals surface area contributed by atoms with Crippen molar-refractivity contribution in [1.29, 1.82) is 0 Å². The maximum absolute atomic E-state index is 13.7. The lowest BCUT2D eigenvalue weighted by Crippen LogP contribution is -2.44. The minimum absolute atomic E-state index is 0.0937. The van der Waals surface area contributed by atoms with E-state index in [2.05, 4.69) is 78.5 Å². The molecule has 2 aliphatic heterocycles. The van der Waals surface area contributed by atoms with Crippen molar-refractivity contribution in [3.05, 3.63) is 65.4 Å². The van der Waals surface area contributed by atoms with Crippen LogP contribution in [0.4, 0.5) is 11.4 Å². The highest BCUT2D eigenvalue weighted by Crippen LogP contribution is 2.41. The lowest BCUT2D eigenvalue weighted by Gasteiger charge is -2.30. The van der Waals surface area contributed by atoms with Gasteiger partial charge in [-0.25, -0.2) is 0 Å². The first kappa shape index (κ1) is 21.6. The van der Waals surface area contributed by atoms with Crippen molar-refractivity contribution in [2.45, 2.75) is 6.42 Å². The Balaban J connectivity index is 1.62. The average Bonchev–Trinajstić information content (AvgIpc) is 3.28. The number of benzene rings is 2. The molecule has 6 nitrogen and oxygen atoms in total. The normalized spacial score (nSPS) is 17.6. The van der Waals surface area contributed by atoms with Crippen LogP contribution in [0.5, 0.6) is 0 Å². The number of hydrogen-bond donors (Lipinski definition) is 1. The van der Waals surface area contributed by atoms with Crippen molar-refractivity contribution in [2.75, 3.05) is 71.3 Å². The Kier molecular flexibility index (Phi) is 6.41. The lowest BCUT2D eigenvalue weighted by molar-refractivity contribution is -0.113. The largest absolute Gasteiger partial charge is 0.358 e. The summed E-state index contributed by atoms with van der Waals surface area (Å²) < 4.78 is 0. The quantitative estimate of drug-likeness (QED) is 0.667. The number of hydrogen-bond acceptors (Lipinski definition) is 5. The van der Waals surface area contributed by atoms with Crippen LogP contribution in [0, 0.1) is 0 Å². The Morgan fingerprint density at radius 1 is 0.871 bits per heavy atom. The van der Waals surface area contributed by atoms with Crippen molar-refractivity contribution in [1.82, 2.24) is 14.7 Å². The molecule has 0 fully saturated rings. The molecule has 1 N–H and O–H groups in total. The van der Waals surface area contributed by atoms with Crippen LogP contribution in [-0.4, -0.2) is 81.6 Å². The van der Waals surface area contributed by atoms with E-state index >= 15 is 0 Å². The van der Waals surface area contributed by atoms with Crippen LogP contribution in [0.2, 0.25) is 0 Å². The number of likely N-dealkylation sites (N-methyl/N-ethyl adjacent to an activating group) is 2. The molecular weight excluding hydrogens is 386 g/mol. The fourth-order valence-corrected chi connectivity index (χ4v) is 4.19. The smallest absolute Gasteiger partial charge is 0.261 e. The van der Waals surface area contributed by atoms with Crippen LogP contribution in [0.25, 0.3) is 5.57 Å². The fraction of sp³-hybridized carbons (Fsp3) is 0.400. The minimum atomic E-state index is 0.0937. The topological polar surface area (TPSA) is 42.1 Å². The van der Waals surface area contributed by atoms with Gasteiger partial charge in [-0.1, -0.05) is 36.4 Å². The van der Waals surface area contributed by atoms with Gasteiger partial charge < -0.3 is 15.1 Å². The van der Waals surface area contributed by atoms with Crippen LogP contribution in [0.3, 0.4) is 0 Å². The molecule has 0 unspecified atom stereocenters. The number of allylic oxidation sites excluding steroid dienone is 1. The zero-order chi connectivity index (χ0) is 22.0. The first-order valence-electron chi connectivity index (χ1n) is 10.9. The number of nitrogens with one attached hydrogen (secondary N) is 1. The Morgan fingerprint density at radius 3 is 2.19 bits per heavy atom. The number of para-hydroxylation sites is 2. The lowest BCUT2D eigenvalue weighted by atomic mass is 10.0. The van der Waals surface area contributed by atoms with E-state index in [0.717, 1.165) is 60.8 Å². The monoisotopic (exact) mass is 419 g/mol. The van der Waals surface area contributed by atoms with Gasteiger partial charge in [0.05, 0.1) is 17.9 Å². The van der Waals surface area contributed by atoms with Gasteiger partial charge in [-0.05, 0) is 45.9 Å². The van der Waals surface area contributed by atoms with Gasteiger partial charge in [0.1, 0.15) is 0 Å². The molecule has 2 aromatic carbocycles. The molecule has 4 rings (SSSR count). The van der Waals surface area contributed by atoms with E-state index in [-0.39, 0.29) is 5.91 Å². The van der Waals surface area contributed by atoms with Gasteiger partial charge in [0, 0.05) is 49.5 Å². The van der Waals surface area contributed by atoms with E-state index < -0.39 is 0 Å². The molecule has 31 heavy (non-hydrogen) atoms. The van der Waals surface area contributed by atoms with E-state index in [1.807, 2.05) is 23.1 Å². The molecule has 0 spiro atoms. The summed E-state index contributed by atoms with van der Waals surface area (Å²) in [6.45, 7) is 4.36. The van der Waals surface area contributed by atoms with Gasteiger partial charge in [0.15, 0.2) is 0 Å². The standard InChI is InChI=1S/C25H33N5O/c1-27(2)13-15-29(16-14-28(3)4)18-30-23-12-8-6-10-20(23)24(25(30)31)22-17-19-9-5-7-11-21(19)26-22/h5-12,26H,13-18H2,1-4H3/b24-22-. The highest BCUT2D eigenvalue weighted by molar-refractivity contribution is 6.33. The molecule has 2 aliphatic rings. The van der Waals surface area contributed by atoms with Crippen LogP contribution in [-0.2, 0) is 11.2 Å². The summed E-state index contributed by atoms with van der Waals surface area (Å²) in [7, 11) is 8.36. The average molecular weight is 420 g/mol. The zero-order valence-corrected chi connectivity index (χ0v) is 19.1. The molecule has 0 aromatic heterocycles.